The molecule has 0 amide bonds. The Bertz CT molecular complexity index is 438. The van der Waals surface area contributed by atoms with Crippen LogP contribution in [0.2, 0.25) is 0 Å². The maximum atomic E-state index is 5.97. The van der Waals surface area contributed by atoms with Gasteiger partial charge in [0.05, 0.1) is 21.5 Å². The highest BCUT2D eigenvalue weighted by atomic mass is 79.9. The normalized spacial score (nSPS) is 24.9. The van der Waals surface area contributed by atoms with Crippen LogP contribution in [0.3, 0.4) is 0 Å². The van der Waals surface area contributed by atoms with Gasteiger partial charge in [0.1, 0.15) is 0 Å². The Morgan fingerprint density at radius 3 is 2.79 bits per heavy atom. The van der Waals surface area contributed by atoms with Crippen molar-refractivity contribution in [1.82, 2.24) is 15.1 Å². The smallest absolute Gasteiger partial charge is 0.0811 e. The van der Waals surface area contributed by atoms with Gasteiger partial charge in [-0.15, -0.1) is 0 Å². The van der Waals surface area contributed by atoms with E-state index in [1.165, 1.54) is 5.69 Å². The van der Waals surface area contributed by atoms with Gasteiger partial charge >= 0.3 is 0 Å². The molecule has 1 saturated heterocycles. The van der Waals surface area contributed by atoms with Crippen molar-refractivity contribution in [2.24, 2.45) is 7.05 Å². The zero-order valence-corrected chi connectivity index (χ0v) is 13.9. The molecule has 4 nitrogen and oxygen atoms in total. The Morgan fingerprint density at radius 1 is 1.58 bits per heavy atom. The van der Waals surface area contributed by atoms with Crippen molar-refractivity contribution in [3.8, 4) is 0 Å². The number of aromatic nitrogens is 2. The summed E-state index contributed by atoms with van der Waals surface area (Å²) in [5.74, 6) is 0. The molecule has 1 aliphatic heterocycles. The summed E-state index contributed by atoms with van der Waals surface area (Å²) >= 11 is 3.69. The zero-order chi connectivity index (χ0) is 14.0. The molecule has 108 valence electrons. The lowest BCUT2D eigenvalue weighted by Gasteiger charge is -2.33. The summed E-state index contributed by atoms with van der Waals surface area (Å²) in [4.78, 5) is 0. The first-order valence-electron chi connectivity index (χ1n) is 7.03. The van der Waals surface area contributed by atoms with Crippen molar-refractivity contribution in [2.45, 2.75) is 51.2 Å². The molecule has 0 saturated carbocycles. The fourth-order valence-electron chi connectivity index (χ4n) is 2.93. The topological polar surface area (TPSA) is 39.1 Å². The number of rotatable bonds is 5. The molecule has 1 aromatic rings. The lowest BCUT2D eigenvalue weighted by atomic mass is 9.89. The zero-order valence-electron chi connectivity index (χ0n) is 12.3. The summed E-state index contributed by atoms with van der Waals surface area (Å²) in [6.45, 7) is 5.22. The first-order valence-corrected chi connectivity index (χ1v) is 7.82. The van der Waals surface area contributed by atoms with Crippen LogP contribution < -0.4 is 5.32 Å². The van der Waals surface area contributed by atoms with Crippen LogP contribution in [0.4, 0.5) is 0 Å². The number of hydrogen-bond donors (Lipinski definition) is 1. The number of likely N-dealkylation sites (N-methyl/N-ethyl adjacent to an activating group) is 1. The Balaban J connectivity index is 2.21. The van der Waals surface area contributed by atoms with E-state index in [-0.39, 0.29) is 5.60 Å². The van der Waals surface area contributed by atoms with E-state index < -0.39 is 0 Å². The van der Waals surface area contributed by atoms with Crippen molar-refractivity contribution in [3.05, 3.63) is 15.9 Å². The van der Waals surface area contributed by atoms with Gasteiger partial charge in [0.2, 0.25) is 0 Å². The fraction of sp³-hybridized carbons (Fsp3) is 0.786. The lowest BCUT2D eigenvalue weighted by molar-refractivity contribution is -0.00990. The molecule has 2 unspecified atom stereocenters. The molecule has 2 atom stereocenters. The van der Waals surface area contributed by atoms with E-state index in [4.69, 9.17) is 4.74 Å². The Morgan fingerprint density at radius 2 is 2.32 bits per heavy atom. The highest BCUT2D eigenvalue weighted by Crippen LogP contribution is 2.32. The van der Waals surface area contributed by atoms with Crippen LogP contribution in [0.5, 0.6) is 0 Å². The Labute approximate surface area is 124 Å². The third kappa shape index (κ3) is 2.88. The van der Waals surface area contributed by atoms with Crippen molar-refractivity contribution in [2.75, 3.05) is 13.7 Å². The van der Waals surface area contributed by atoms with Gasteiger partial charge in [0, 0.05) is 26.1 Å². The predicted molar refractivity (Wildman–Crippen MR) is 80.4 cm³/mol. The van der Waals surface area contributed by atoms with E-state index in [9.17, 15) is 0 Å². The molecule has 19 heavy (non-hydrogen) atoms. The quantitative estimate of drug-likeness (QED) is 0.901. The van der Waals surface area contributed by atoms with Crippen LogP contribution in [0, 0.1) is 0 Å². The molecule has 0 bridgehead atoms. The largest absolute Gasteiger partial charge is 0.374 e. The summed E-state index contributed by atoms with van der Waals surface area (Å²) < 4.78 is 9.11. The molecular weight excluding hydrogens is 306 g/mol. The Kier molecular flexibility index (Phi) is 4.69. The first kappa shape index (κ1) is 15.0. The molecular formula is C14H24BrN3O. The van der Waals surface area contributed by atoms with E-state index in [0.717, 1.165) is 42.5 Å². The van der Waals surface area contributed by atoms with Crippen LogP contribution in [-0.4, -0.2) is 35.1 Å². The van der Waals surface area contributed by atoms with Crippen molar-refractivity contribution in [1.29, 1.82) is 0 Å². The SMILES string of the molecule is CCc1nn(C)c(CC(NC)C2(C)CCCO2)c1Br. The summed E-state index contributed by atoms with van der Waals surface area (Å²) in [6.07, 6.45) is 4.15. The Hall–Kier alpha value is -0.390. The highest BCUT2D eigenvalue weighted by Gasteiger charge is 2.38. The molecule has 1 aliphatic rings. The maximum absolute atomic E-state index is 5.97. The molecule has 5 heteroatoms. The fourth-order valence-corrected chi connectivity index (χ4v) is 3.71. The second-order valence-corrected chi connectivity index (χ2v) is 6.29. The number of hydrogen-bond acceptors (Lipinski definition) is 3. The summed E-state index contributed by atoms with van der Waals surface area (Å²) in [7, 11) is 4.03. The third-order valence-electron chi connectivity index (χ3n) is 4.24. The van der Waals surface area contributed by atoms with Crippen molar-refractivity contribution >= 4 is 15.9 Å². The van der Waals surface area contributed by atoms with Crippen LogP contribution in [0.15, 0.2) is 4.47 Å². The molecule has 2 rings (SSSR count). The van der Waals surface area contributed by atoms with Crippen LogP contribution in [0.25, 0.3) is 0 Å². The number of ether oxygens (including phenoxy) is 1. The molecule has 0 aliphatic carbocycles. The predicted octanol–water partition coefficient (Wildman–Crippen LogP) is 2.44. The van der Waals surface area contributed by atoms with E-state index >= 15 is 0 Å². The van der Waals surface area contributed by atoms with Gasteiger partial charge in [-0.3, -0.25) is 4.68 Å². The average Bonchev–Trinajstić information content (AvgIpc) is 2.93. The second kappa shape index (κ2) is 5.94. The second-order valence-electron chi connectivity index (χ2n) is 5.49. The van der Waals surface area contributed by atoms with Gasteiger partial charge in [-0.1, -0.05) is 6.92 Å². The van der Waals surface area contributed by atoms with Crippen LogP contribution in [0.1, 0.15) is 38.1 Å². The van der Waals surface area contributed by atoms with Crippen LogP contribution in [-0.2, 0) is 24.6 Å². The minimum Gasteiger partial charge on any atom is -0.374 e. The van der Waals surface area contributed by atoms with Crippen molar-refractivity contribution < 1.29 is 4.74 Å². The standard InChI is InChI=1S/C14H24BrN3O/c1-5-10-13(15)11(18(4)17-10)9-12(16-3)14(2)7-6-8-19-14/h12,16H,5-9H2,1-4H3. The number of halogens is 1. The van der Waals surface area contributed by atoms with Gasteiger partial charge in [-0.25, -0.2) is 0 Å². The van der Waals surface area contributed by atoms with Gasteiger partial charge in [-0.05, 0) is 49.2 Å². The first-order chi connectivity index (χ1) is 9.01. The summed E-state index contributed by atoms with van der Waals surface area (Å²) in [5, 5.41) is 7.99. The van der Waals surface area contributed by atoms with Gasteiger partial charge in [-0.2, -0.15) is 5.10 Å². The van der Waals surface area contributed by atoms with E-state index in [1.54, 1.807) is 0 Å². The molecule has 0 spiro atoms. The minimum absolute atomic E-state index is 0.0646. The lowest BCUT2D eigenvalue weighted by Crippen LogP contribution is -2.48. The van der Waals surface area contributed by atoms with E-state index in [1.807, 2.05) is 18.8 Å². The van der Waals surface area contributed by atoms with Gasteiger partial charge < -0.3 is 10.1 Å². The maximum Gasteiger partial charge on any atom is 0.0811 e. The monoisotopic (exact) mass is 329 g/mol. The number of aryl methyl sites for hydroxylation is 2. The highest BCUT2D eigenvalue weighted by molar-refractivity contribution is 9.10. The molecule has 2 heterocycles. The van der Waals surface area contributed by atoms with Crippen LogP contribution >= 0.6 is 15.9 Å². The minimum atomic E-state index is -0.0646. The molecule has 0 radical (unpaired) electrons. The molecule has 1 N–H and O–H groups in total. The summed E-state index contributed by atoms with van der Waals surface area (Å²) in [5.41, 5.74) is 2.31. The van der Waals surface area contributed by atoms with Gasteiger partial charge in [0.15, 0.2) is 0 Å². The average molecular weight is 330 g/mol. The van der Waals surface area contributed by atoms with Crippen molar-refractivity contribution in [3.63, 3.8) is 0 Å². The molecule has 1 fully saturated rings. The van der Waals surface area contributed by atoms with Gasteiger partial charge in [0.25, 0.3) is 0 Å². The third-order valence-corrected chi connectivity index (χ3v) is 5.15. The molecule has 0 aromatic carbocycles. The molecule has 1 aromatic heterocycles. The summed E-state index contributed by atoms with van der Waals surface area (Å²) in [6, 6.07) is 0.311. The van der Waals surface area contributed by atoms with E-state index in [2.05, 4.69) is 40.2 Å². The van der Waals surface area contributed by atoms with E-state index in [0.29, 0.717) is 6.04 Å². The number of nitrogens with zero attached hydrogens (tertiary/aromatic N) is 2. The number of nitrogens with one attached hydrogen (secondary N) is 1.